The first-order valence-corrected chi connectivity index (χ1v) is 6.76. The highest BCUT2D eigenvalue weighted by molar-refractivity contribution is 5.60. The van der Waals surface area contributed by atoms with E-state index in [1.807, 2.05) is 19.9 Å². The Bertz CT molecular complexity index is 594. The molecule has 2 aromatic rings. The van der Waals surface area contributed by atoms with E-state index in [4.69, 9.17) is 4.74 Å². The van der Waals surface area contributed by atoms with Crippen molar-refractivity contribution in [2.24, 2.45) is 0 Å². The van der Waals surface area contributed by atoms with Crippen molar-refractivity contribution < 1.29 is 9.13 Å². The van der Waals surface area contributed by atoms with Crippen LogP contribution in [-0.2, 0) is 11.3 Å². The third-order valence-corrected chi connectivity index (χ3v) is 2.79. The molecular weight excluding hydrogens is 271 g/mol. The average Bonchev–Trinajstić information content (AvgIpc) is 2.42. The Balaban J connectivity index is 2.29. The molecule has 0 aliphatic rings. The minimum Gasteiger partial charge on any atom is -0.377 e. The second-order valence-corrected chi connectivity index (χ2v) is 4.63. The molecule has 2 rings (SSSR count). The van der Waals surface area contributed by atoms with Crippen LogP contribution in [0.3, 0.4) is 0 Å². The fourth-order valence-electron chi connectivity index (χ4n) is 1.89. The Morgan fingerprint density at radius 3 is 2.62 bits per heavy atom. The molecule has 6 heteroatoms. The minimum absolute atomic E-state index is 0.296. The van der Waals surface area contributed by atoms with E-state index in [0.717, 1.165) is 12.1 Å². The quantitative estimate of drug-likeness (QED) is 0.855. The van der Waals surface area contributed by atoms with Crippen molar-refractivity contribution in [1.82, 2.24) is 9.97 Å². The highest BCUT2D eigenvalue weighted by Gasteiger charge is 2.07. The van der Waals surface area contributed by atoms with Gasteiger partial charge < -0.3 is 15.4 Å². The number of halogens is 1. The molecule has 0 atom stereocenters. The summed E-state index contributed by atoms with van der Waals surface area (Å²) in [7, 11) is 1.58. The van der Waals surface area contributed by atoms with E-state index in [9.17, 15) is 4.39 Å². The lowest BCUT2D eigenvalue weighted by Crippen LogP contribution is -2.07. The summed E-state index contributed by atoms with van der Waals surface area (Å²) in [6.07, 6.45) is 0. The largest absolute Gasteiger partial charge is 0.377 e. The molecule has 0 aliphatic heterocycles. The van der Waals surface area contributed by atoms with Crippen LogP contribution in [0, 0.1) is 12.7 Å². The van der Waals surface area contributed by atoms with Crippen LogP contribution in [0.15, 0.2) is 24.3 Å². The van der Waals surface area contributed by atoms with E-state index in [1.165, 1.54) is 6.07 Å². The topological polar surface area (TPSA) is 59.1 Å². The molecule has 112 valence electrons. The molecule has 0 fully saturated rings. The molecule has 0 saturated heterocycles. The number of aromatic nitrogens is 2. The van der Waals surface area contributed by atoms with Gasteiger partial charge in [0.25, 0.3) is 0 Å². The van der Waals surface area contributed by atoms with Crippen LogP contribution in [-0.4, -0.2) is 23.6 Å². The Hall–Kier alpha value is -2.21. The fraction of sp³-hybridized carbons (Fsp3) is 0.333. The van der Waals surface area contributed by atoms with Crippen molar-refractivity contribution in [3.05, 3.63) is 41.5 Å². The van der Waals surface area contributed by atoms with Crippen LogP contribution in [0.25, 0.3) is 0 Å². The summed E-state index contributed by atoms with van der Waals surface area (Å²) in [6, 6.07) is 6.75. The van der Waals surface area contributed by atoms with Gasteiger partial charge in [0.2, 0.25) is 0 Å². The molecule has 1 aromatic heterocycles. The van der Waals surface area contributed by atoms with Gasteiger partial charge in [-0.05, 0) is 31.5 Å². The van der Waals surface area contributed by atoms with Gasteiger partial charge in [0.05, 0.1) is 5.69 Å². The van der Waals surface area contributed by atoms with Crippen LogP contribution >= 0.6 is 0 Å². The number of ether oxygens (including phenoxy) is 1. The monoisotopic (exact) mass is 290 g/mol. The molecule has 0 amide bonds. The second-order valence-electron chi connectivity index (χ2n) is 4.63. The van der Waals surface area contributed by atoms with Crippen LogP contribution in [0.4, 0.5) is 21.7 Å². The maximum absolute atomic E-state index is 13.9. The van der Waals surface area contributed by atoms with Gasteiger partial charge >= 0.3 is 0 Å². The van der Waals surface area contributed by atoms with Crippen molar-refractivity contribution in [3.8, 4) is 0 Å². The zero-order chi connectivity index (χ0) is 15.2. The Morgan fingerprint density at radius 1 is 1.19 bits per heavy atom. The van der Waals surface area contributed by atoms with Crippen molar-refractivity contribution in [1.29, 1.82) is 0 Å². The molecule has 1 aromatic carbocycles. The summed E-state index contributed by atoms with van der Waals surface area (Å²) in [5.41, 5.74) is 1.25. The normalized spacial score (nSPS) is 10.5. The van der Waals surface area contributed by atoms with Crippen LogP contribution in [0.1, 0.15) is 18.3 Å². The third kappa shape index (κ3) is 4.13. The Labute approximate surface area is 123 Å². The number of rotatable bonds is 6. The summed E-state index contributed by atoms with van der Waals surface area (Å²) >= 11 is 0. The highest BCUT2D eigenvalue weighted by Crippen LogP contribution is 2.21. The molecule has 5 nitrogen and oxygen atoms in total. The molecule has 2 N–H and O–H groups in total. The predicted molar refractivity (Wildman–Crippen MR) is 81.3 cm³/mol. The van der Waals surface area contributed by atoms with Gasteiger partial charge in [-0.2, -0.15) is 0 Å². The number of benzene rings is 1. The van der Waals surface area contributed by atoms with Crippen LogP contribution < -0.4 is 10.6 Å². The standard InChI is InChI=1S/C15H19FN4O/c1-4-17-13-8-14(20-15(19-13)9-21-3)18-12-6-5-10(2)7-11(12)16/h5-8H,4,9H2,1-3H3,(H2,17,18,19,20). The van der Waals surface area contributed by atoms with E-state index < -0.39 is 0 Å². The van der Waals surface area contributed by atoms with Crippen molar-refractivity contribution in [2.45, 2.75) is 20.5 Å². The molecule has 0 aliphatic carbocycles. The Kier molecular flexibility index (Phi) is 5.05. The average molecular weight is 290 g/mol. The number of hydrogen-bond donors (Lipinski definition) is 2. The van der Waals surface area contributed by atoms with Gasteiger partial charge in [-0.1, -0.05) is 6.07 Å². The molecule has 0 spiro atoms. The van der Waals surface area contributed by atoms with E-state index in [-0.39, 0.29) is 5.82 Å². The van der Waals surface area contributed by atoms with Gasteiger partial charge in [-0.25, -0.2) is 14.4 Å². The van der Waals surface area contributed by atoms with E-state index in [1.54, 1.807) is 19.2 Å². The summed E-state index contributed by atoms with van der Waals surface area (Å²) in [5.74, 6) is 1.42. The van der Waals surface area contributed by atoms with Crippen LogP contribution in [0.5, 0.6) is 0 Å². The first-order valence-electron chi connectivity index (χ1n) is 6.76. The number of aryl methyl sites for hydroxylation is 1. The second kappa shape index (κ2) is 6.99. The van der Waals surface area contributed by atoms with Crippen molar-refractivity contribution >= 4 is 17.3 Å². The number of nitrogens with zero attached hydrogens (tertiary/aromatic N) is 2. The minimum atomic E-state index is -0.313. The molecule has 0 unspecified atom stereocenters. The first-order chi connectivity index (χ1) is 10.1. The number of nitrogens with one attached hydrogen (secondary N) is 2. The van der Waals surface area contributed by atoms with Gasteiger partial charge in [0.1, 0.15) is 24.1 Å². The maximum Gasteiger partial charge on any atom is 0.158 e. The number of anilines is 3. The molecule has 0 radical (unpaired) electrons. The van der Waals surface area contributed by atoms with Gasteiger partial charge in [0.15, 0.2) is 5.82 Å². The zero-order valence-electron chi connectivity index (χ0n) is 12.4. The highest BCUT2D eigenvalue weighted by atomic mass is 19.1. The number of methoxy groups -OCH3 is 1. The maximum atomic E-state index is 13.9. The Morgan fingerprint density at radius 2 is 1.95 bits per heavy atom. The number of hydrogen-bond acceptors (Lipinski definition) is 5. The SMILES string of the molecule is CCNc1cc(Nc2ccc(C)cc2F)nc(COC)n1. The molecule has 21 heavy (non-hydrogen) atoms. The smallest absolute Gasteiger partial charge is 0.158 e. The summed E-state index contributed by atoms with van der Waals surface area (Å²) < 4.78 is 18.9. The molecule has 0 saturated carbocycles. The van der Waals surface area contributed by atoms with E-state index in [0.29, 0.717) is 29.8 Å². The van der Waals surface area contributed by atoms with Gasteiger partial charge in [-0.15, -0.1) is 0 Å². The lowest BCUT2D eigenvalue weighted by molar-refractivity contribution is 0.178. The lowest BCUT2D eigenvalue weighted by atomic mass is 10.2. The zero-order valence-corrected chi connectivity index (χ0v) is 12.4. The van der Waals surface area contributed by atoms with Crippen molar-refractivity contribution in [3.63, 3.8) is 0 Å². The summed E-state index contributed by atoms with van der Waals surface area (Å²) in [6.45, 7) is 4.86. The summed E-state index contributed by atoms with van der Waals surface area (Å²) in [4.78, 5) is 8.62. The van der Waals surface area contributed by atoms with Crippen LogP contribution in [0.2, 0.25) is 0 Å². The molecular formula is C15H19FN4O. The van der Waals surface area contributed by atoms with Crippen molar-refractivity contribution in [2.75, 3.05) is 24.3 Å². The van der Waals surface area contributed by atoms with E-state index in [2.05, 4.69) is 20.6 Å². The lowest BCUT2D eigenvalue weighted by Gasteiger charge is -2.11. The van der Waals surface area contributed by atoms with Gasteiger partial charge in [0, 0.05) is 19.7 Å². The first kappa shape index (κ1) is 15.2. The molecule has 1 heterocycles. The van der Waals surface area contributed by atoms with E-state index >= 15 is 0 Å². The predicted octanol–water partition coefficient (Wildman–Crippen LogP) is 3.25. The fourth-order valence-corrected chi connectivity index (χ4v) is 1.89. The molecule has 0 bridgehead atoms. The summed E-state index contributed by atoms with van der Waals surface area (Å²) in [5, 5.41) is 6.09. The third-order valence-electron chi connectivity index (χ3n) is 2.79. The van der Waals surface area contributed by atoms with Gasteiger partial charge in [-0.3, -0.25) is 0 Å².